The Bertz CT molecular complexity index is 483. The number of aromatic nitrogens is 1. The van der Waals surface area contributed by atoms with E-state index in [0.717, 1.165) is 5.69 Å². The zero-order valence-electron chi connectivity index (χ0n) is 10.1. The van der Waals surface area contributed by atoms with Crippen LogP contribution in [0.15, 0.2) is 23.2 Å². The first-order chi connectivity index (χ1) is 8.45. The van der Waals surface area contributed by atoms with E-state index in [-0.39, 0.29) is 12.1 Å². The second kappa shape index (κ2) is 5.90. The summed E-state index contributed by atoms with van der Waals surface area (Å²) in [7, 11) is 0. The molecule has 1 heterocycles. The molecule has 0 bridgehead atoms. The molecule has 18 heavy (non-hydrogen) atoms. The van der Waals surface area contributed by atoms with Crippen molar-refractivity contribution in [3.63, 3.8) is 0 Å². The summed E-state index contributed by atoms with van der Waals surface area (Å²) in [5.41, 5.74) is 0.807. The number of aliphatic imine (C=N–C) groups is 1. The number of carbonyl (C=O) groups is 2. The Labute approximate surface area is 104 Å². The maximum Gasteiger partial charge on any atom is 0.323 e. The van der Waals surface area contributed by atoms with Gasteiger partial charge in [0.25, 0.3) is 0 Å². The molecule has 1 aromatic heterocycles. The third-order valence-corrected chi connectivity index (χ3v) is 2.32. The van der Waals surface area contributed by atoms with E-state index in [9.17, 15) is 9.59 Å². The summed E-state index contributed by atoms with van der Waals surface area (Å²) < 4.78 is 0. The highest BCUT2D eigenvalue weighted by molar-refractivity contribution is 6.16. The van der Waals surface area contributed by atoms with E-state index in [1.165, 1.54) is 0 Å². The molecule has 0 fully saturated rings. The van der Waals surface area contributed by atoms with E-state index < -0.39 is 17.9 Å². The number of carboxylic acids is 2. The first-order valence-corrected chi connectivity index (χ1v) is 5.42. The first kappa shape index (κ1) is 13.8. The fourth-order valence-electron chi connectivity index (χ4n) is 1.48. The standard InChI is InChI=1S/C12H14N2O4/c1-3-8(10(11(15)16)12(17)18)14-9-6-4-5-7(2)13-9/h4-6,10H,3H2,1-2H3,(H,15,16)(H,17,18). The fraction of sp³-hybridized carbons (Fsp3) is 0.333. The van der Waals surface area contributed by atoms with Crippen molar-refractivity contribution in [1.29, 1.82) is 0 Å². The van der Waals surface area contributed by atoms with E-state index in [1.54, 1.807) is 32.0 Å². The zero-order valence-corrected chi connectivity index (χ0v) is 10.1. The molecule has 0 radical (unpaired) electrons. The van der Waals surface area contributed by atoms with Gasteiger partial charge in [-0.25, -0.2) is 9.98 Å². The van der Waals surface area contributed by atoms with Crippen LogP contribution in [0.5, 0.6) is 0 Å². The molecule has 0 spiro atoms. The van der Waals surface area contributed by atoms with Crippen molar-refractivity contribution in [3.05, 3.63) is 23.9 Å². The van der Waals surface area contributed by atoms with Crippen LogP contribution in [0.1, 0.15) is 19.0 Å². The van der Waals surface area contributed by atoms with Gasteiger partial charge in [-0.05, 0) is 25.5 Å². The minimum atomic E-state index is -1.63. The number of hydrogen-bond acceptors (Lipinski definition) is 4. The largest absolute Gasteiger partial charge is 0.480 e. The maximum absolute atomic E-state index is 10.9. The first-order valence-electron chi connectivity index (χ1n) is 5.42. The van der Waals surface area contributed by atoms with Crippen molar-refractivity contribution in [3.8, 4) is 0 Å². The number of aryl methyl sites for hydroxylation is 1. The van der Waals surface area contributed by atoms with Crippen molar-refractivity contribution in [2.45, 2.75) is 20.3 Å². The average Bonchev–Trinajstić information content (AvgIpc) is 2.27. The van der Waals surface area contributed by atoms with E-state index in [4.69, 9.17) is 10.2 Å². The van der Waals surface area contributed by atoms with Crippen molar-refractivity contribution < 1.29 is 19.8 Å². The lowest BCUT2D eigenvalue weighted by molar-refractivity contribution is -0.150. The molecular formula is C12H14N2O4. The summed E-state index contributed by atoms with van der Waals surface area (Å²) in [5, 5.41) is 17.8. The van der Waals surface area contributed by atoms with Gasteiger partial charge in [-0.1, -0.05) is 13.0 Å². The predicted molar refractivity (Wildman–Crippen MR) is 65.1 cm³/mol. The number of hydrogen-bond donors (Lipinski definition) is 2. The number of aliphatic carboxylic acids is 2. The Balaban J connectivity index is 3.15. The smallest absolute Gasteiger partial charge is 0.323 e. The summed E-state index contributed by atoms with van der Waals surface area (Å²) in [6, 6.07) is 5.10. The van der Waals surface area contributed by atoms with Gasteiger partial charge in [-0.2, -0.15) is 0 Å². The van der Waals surface area contributed by atoms with Crippen LogP contribution in [0.3, 0.4) is 0 Å². The Hall–Kier alpha value is -2.24. The predicted octanol–water partition coefficient (Wildman–Crippen LogP) is 1.66. The van der Waals surface area contributed by atoms with Crippen molar-refractivity contribution >= 4 is 23.5 Å². The highest BCUT2D eigenvalue weighted by Crippen LogP contribution is 2.14. The van der Waals surface area contributed by atoms with E-state index in [2.05, 4.69) is 9.98 Å². The van der Waals surface area contributed by atoms with Gasteiger partial charge in [0.05, 0.1) is 0 Å². The third kappa shape index (κ3) is 3.38. The van der Waals surface area contributed by atoms with Gasteiger partial charge < -0.3 is 10.2 Å². The highest BCUT2D eigenvalue weighted by Gasteiger charge is 2.30. The van der Waals surface area contributed by atoms with Gasteiger partial charge in [0, 0.05) is 11.4 Å². The van der Waals surface area contributed by atoms with E-state index in [1.807, 2.05) is 0 Å². The van der Waals surface area contributed by atoms with Crippen molar-refractivity contribution in [2.24, 2.45) is 10.9 Å². The second-order valence-corrected chi connectivity index (χ2v) is 3.70. The molecule has 0 unspecified atom stereocenters. The van der Waals surface area contributed by atoms with Crippen molar-refractivity contribution in [2.75, 3.05) is 0 Å². The summed E-state index contributed by atoms with van der Waals surface area (Å²) in [5.74, 6) is -4.15. The molecule has 0 atom stereocenters. The third-order valence-electron chi connectivity index (χ3n) is 2.32. The van der Waals surface area contributed by atoms with Gasteiger partial charge in [-0.3, -0.25) is 9.59 Å². The Morgan fingerprint density at radius 2 is 1.94 bits per heavy atom. The molecule has 1 aromatic rings. The average molecular weight is 250 g/mol. The lowest BCUT2D eigenvalue weighted by Crippen LogP contribution is -2.31. The van der Waals surface area contributed by atoms with Gasteiger partial charge in [0.1, 0.15) is 0 Å². The van der Waals surface area contributed by atoms with Crippen LogP contribution in [-0.2, 0) is 9.59 Å². The maximum atomic E-state index is 10.9. The molecule has 6 nitrogen and oxygen atoms in total. The Morgan fingerprint density at radius 3 is 2.39 bits per heavy atom. The molecule has 0 aliphatic rings. The minimum Gasteiger partial charge on any atom is -0.480 e. The molecule has 0 amide bonds. The van der Waals surface area contributed by atoms with Crippen molar-refractivity contribution in [1.82, 2.24) is 4.98 Å². The van der Waals surface area contributed by atoms with Crippen LogP contribution < -0.4 is 0 Å². The molecule has 0 saturated heterocycles. The van der Waals surface area contributed by atoms with Crippen LogP contribution in [0, 0.1) is 12.8 Å². The van der Waals surface area contributed by atoms with Crippen LogP contribution >= 0.6 is 0 Å². The quantitative estimate of drug-likeness (QED) is 0.611. The monoisotopic (exact) mass is 250 g/mol. The SMILES string of the molecule is CCC(=Nc1cccc(C)n1)C(C(=O)O)C(=O)O. The second-order valence-electron chi connectivity index (χ2n) is 3.70. The van der Waals surface area contributed by atoms with Crippen LogP contribution in [0.4, 0.5) is 5.82 Å². The van der Waals surface area contributed by atoms with Crippen LogP contribution in [0.2, 0.25) is 0 Å². The molecule has 0 aliphatic heterocycles. The lowest BCUT2D eigenvalue weighted by Gasteiger charge is -2.09. The van der Waals surface area contributed by atoms with Gasteiger partial charge in [-0.15, -0.1) is 0 Å². The van der Waals surface area contributed by atoms with Gasteiger partial charge in [0.15, 0.2) is 11.7 Å². The Morgan fingerprint density at radius 1 is 1.33 bits per heavy atom. The molecule has 0 saturated carbocycles. The summed E-state index contributed by atoms with van der Waals surface area (Å²) >= 11 is 0. The molecule has 2 N–H and O–H groups in total. The number of carboxylic acid groups (broad SMARTS) is 2. The molecule has 96 valence electrons. The molecule has 6 heteroatoms. The number of pyridine rings is 1. The minimum absolute atomic E-state index is 0.0769. The highest BCUT2D eigenvalue weighted by atomic mass is 16.4. The van der Waals surface area contributed by atoms with E-state index >= 15 is 0 Å². The normalized spacial score (nSPS) is 11.6. The summed E-state index contributed by atoms with van der Waals surface area (Å²) in [6.07, 6.45) is 0.235. The zero-order chi connectivity index (χ0) is 13.7. The number of rotatable bonds is 5. The number of nitrogens with zero attached hydrogens (tertiary/aromatic N) is 2. The molecular weight excluding hydrogens is 236 g/mol. The topological polar surface area (TPSA) is 99.9 Å². The molecule has 1 rings (SSSR count). The summed E-state index contributed by atoms with van der Waals surface area (Å²) in [6.45, 7) is 3.43. The van der Waals surface area contributed by atoms with E-state index in [0.29, 0.717) is 5.82 Å². The fourth-order valence-corrected chi connectivity index (χ4v) is 1.48. The van der Waals surface area contributed by atoms with Crippen LogP contribution in [0.25, 0.3) is 0 Å². The molecule has 0 aromatic carbocycles. The summed E-state index contributed by atoms with van der Waals surface area (Å²) in [4.78, 5) is 29.9. The van der Waals surface area contributed by atoms with Crippen LogP contribution in [-0.4, -0.2) is 32.8 Å². The molecule has 0 aliphatic carbocycles. The van der Waals surface area contributed by atoms with Gasteiger partial charge >= 0.3 is 11.9 Å². The lowest BCUT2D eigenvalue weighted by atomic mass is 10.0. The Kier molecular flexibility index (Phi) is 4.53. The van der Waals surface area contributed by atoms with Gasteiger partial charge in [0.2, 0.25) is 0 Å².